The summed E-state index contributed by atoms with van der Waals surface area (Å²) in [6, 6.07) is 8.51. The molecule has 0 spiro atoms. The average molecular weight is 444 g/mol. The van der Waals surface area contributed by atoms with E-state index in [1.165, 1.54) is 25.3 Å². The molecule has 0 saturated carbocycles. The fourth-order valence-corrected chi connectivity index (χ4v) is 2.66. The molecule has 2 aromatic rings. The number of benzene rings is 2. The highest BCUT2D eigenvalue weighted by atomic mass is 35.5. The van der Waals surface area contributed by atoms with Crippen molar-refractivity contribution in [2.75, 3.05) is 13.7 Å². The highest BCUT2D eigenvalue weighted by Gasteiger charge is 2.31. The Labute approximate surface area is 175 Å². The van der Waals surface area contributed by atoms with Crippen LogP contribution in [0.5, 0.6) is 17.2 Å². The number of hydrogen-bond acceptors (Lipinski definition) is 5. The van der Waals surface area contributed by atoms with E-state index in [2.05, 4.69) is 0 Å². The van der Waals surface area contributed by atoms with Crippen LogP contribution in [0.3, 0.4) is 0 Å². The summed E-state index contributed by atoms with van der Waals surface area (Å²) in [5, 5.41) is 18.3. The summed E-state index contributed by atoms with van der Waals surface area (Å²) in [5.74, 6) is -1.20. The van der Waals surface area contributed by atoms with Crippen molar-refractivity contribution in [3.8, 4) is 23.3 Å². The Balaban J connectivity index is 2.25. The number of ether oxygens (including phenoxy) is 3. The Morgan fingerprint density at radius 3 is 2.53 bits per heavy atom. The van der Waals surface area contributed by atoms with E-state index in [-0.39, 0.29) is 34.3 Å². The van der Waals surface area contributed by atoms with Gasteiger partial charge in [0.15, 0.2) is 6.10 Å². The van der Waals surface area contributed by atoms with Crippen LogP contribution in [0.25, 0.3) is 0 Å². The molecule has 0 bridgehead atoms. The number of aliphatic carboxylic acids is 1. The summed E-state index contributed by atoms with van der Waals surface area (Å²) in [5.41, 5.74) is -0.858. The minimum Gasteiger partial charge on any atom is -0.479 e. The summed E-state index contributed by atoms with van der Waals surface area (Å²) in [4.78, 5) is 11.4. The van der Waals surface area contributed by atoms with Crippen molar-refractivity contribution in [1.82, 2.24) is 0 Å². The highest BCUT2D eigenvalue weighted by Crippen LogP contribution is 2.37. The zero-order valence-electron chi connectivity index (χ0n) is 15.7. The first-order valence-electron chi connectivity index (χ1n) is 8.63. The third-order valence-electron chi connectivity index (χ3n) is 3.92. The zero-order chi connectivity index (χ0) is 22.3. The Morgan fingerprint density at radius 2 is 1.97 bits per heavy atom. The van der Waals surface area contributed by atoms with Crippen molar-refractivity contribution in [2.24, 2.45) is 0 Å². The number of hydrogen-bond donors (Lipinski definition) is 1. The molecule has 1 N–H and O–H groups in total. The Hall–Kier alpha value is -2.96. The summed E-state index contributed by atoms with van der Waals surface area (Å²) in [6.07, 6.45) is -5.21. The van der Waals surface area contributed by atoms with Gasteiger partial charge in [0, 0.05) is 19.8 Å². The number of rotatable bonds is 9. The average Bonchev–Trinajstić information content (AvgIpc) is 2.68. The first kappa shape index (κ1) is 23.3. The lowest BCUT2D eigenvalue weighted by molar-refractivity contribution is -0.145. The van der Waals surface area contributed by atoms with Crippen LogP contribution in [0, 0.1) is 11.3 Å². The van der Waals surface area contributed by atoms with Crippen LogP contribution in [0.4, 0.5) is 13.2 Å². The molecule has 1 unspecified atom stereocenters. The number of carboxylic acid groups (broad SMARTS) is 1. The molecule has 0 heterocycles. The van der Waals surface area contributed by atoms with Gasteiger partial charge in [-0.2, -0.15) is 18.4 Å². The molecule has 0 aliphatic carbocycles. The van der Waals surface area contributed by atoms with Crippen molar-refractivity contribution < 1.29 is 37.3 Å². The van der Waals surface area contributed by atoms with Crippen LogP contribution >= 0.6 is 11.6 Å². The second-order valence-corrected chi connectivity index (χ2v) is 6.50. The fourth-order valence-electron chi connectivity index (χ4n) is 2.44. The number of nitrogens with zero attached hydrogens (tertiary/aromatic N) is 1. The summed E-state index contributed by atoms with van der Waals surface area (Å²) in [6.45, 7) is 0.341. The van der Waals surface area contributed by atoms with Gasteiger partial charge in [0.2, 0.25) is 0 Å². The number of methoxy groups -OCH3 is 1. The first-order chi connectivity index (χ1) is 14.2. The van der Waals surface area contributed by atoms with Gasteiger partial charge in [-0.15, -0.1) is 0 Å². The number of carboxylic acids is 1. The second kappa shape index (κ2) is 10.2. The maximum atomic E-state index is 12.8. The second-order valence-electron chi connectivity index (χ2n) is 6.09. The first-order valence-corrected chi connectivity index (χ1v) is 9.00. The molecule has 0 radical (unpaired) electrons. The normalized spacial score (nSPS) is 12.1. The minimum atomic E-state index is -4.55. The van der Waals surface area contributed by atoms with Crippen LogP contribution in [0.1, 0.15) is 24.0 Å². The number of nitriles is 1. The Bertz CT molecular complexity index is 943. The van der Waals surface area contributed by atoms with E-state index in [0.29, 0.717) is 13.0 Å². The lowest BCUT2D eigenvalue weighted by Gasteiger charge is -2.17. The van der Waals surface area contributed by atoms with E-state index in [9.17, 15) is 28.3 Å². The predicted octanol–water partition coefficient (Wildman–Crippen LogP) is 5.28. The molecular weight excluding hydrogens is 427 g/mol. The number of alkyl halides is 3. The largest absolute Gasteiger partial charge is 0.479 e. The van der Waals surface area contributed by atoms with E-state index in [4.69, 9.17) is 25.8 Å². The third kappa shape index (κ3) is 6.27. The van der Waals surface area contributed by atoms with Gasteiger partial charge in [0.05, 0.1) is 16.1 Å². The zero-order valence-corrected chi connectivity index (χ0v) is 16.5. The van der Waals surface area contributed by atoms with Crippen LogP contribution in [-0.4, -0.2) is 30.9 Å². The summed E-state index contributed by atoms with van der Waals surface area (Å²) >= 11 is 5.88. The van der Waals surface area contributed by atoms with Gasteiger partial charge in [0.1, 0.15) is 23.3 Å². The third-order valence-corrected chi connectivity index (χ3v) is 4.22. The maximum absolute atomic E-state index is 12.8. The number of halogens is 4. The molecule has 6 nitrogen and oxygen atoms in total. The molecule has 30 heavy (non-hydrogen) atoms. The predicted molar refractivity (Wildman–Crippen MR) is 101 cm³/mol. The molecular formula is C20H17ClF3NO5. The van der Waals surface area contributed by atoms with Crippen molar-refractivity contribution in [1.29, 1.82) is 5.26 Å². The molecule has 0 aromatic heterocycles. The van der Waals surface area contributed by atoms with E-state index in [1.807, 2.05) is 6.07 Å². The molecule has 0 fully saturated rings. The number of carbonyl (C=O) groups is 1. The SMILES string of the molecule is COCCCC(Oc1cc(Oc2ccc(C(F)(F)F)cc2Cl)ccc1C#N)C(=O)O. The van der Waals surface area contributed by atoms with Gasteiger partial charge in [-0.1, -0.05) is 11.6 Å². The smallest absolute Gasteiger partial charge is 0.416 e. The maximum Gasteiger partial charge on any atom is 0.416 e. The van der Waals surface area contributed by atoms with Gasteiger partial charge >= 0.3 is 12.1 Å². The molecule has 2 rings (SSSR count). The van der Waals surface area contributed by atoms with Crippen LogP contribution in [0.2, 0.25) is 5.02 Å². The van der Waals surface area contributed by atoms with Gasteiger partial charge < -0.3 is 19.3 Å². The lowest BCUT2D eigenvalue weighted by Crippen LogP contribution is -2.27. The van der Waals surface area contributed by atoms with Gasteiger partial charge in [-0.25, -0.2) is 4.79 Å². The van der Waals surface area contributed by atoms with Gasteiger partial charge in [-0.3, -0.25) is 0 Å². The van der Waals surface area contributed by atoms with Crippen molar-refractivity contribution in [3.05, 3.63) is 52.5 Å². The molecule has 160 valence electrons. The fraction of sp³-hybridized carbons (Fsp3) is 0.300. The quantitative estimate of drug-likeness (QED) is 0.530. The van der Waals surface area contributed by atoms with Crippen LogP contribution in [0.15, 0.2) is 36.4 Å². The van der Waals surface area contributed by atoms with Crippen LogP contribution < -0.4 is 9.47 Å². The lowest BCUT2D eigenvalue weighted by atomic mass is 10.1. The van der Waals surface area contributed by atoms with Gasteiger partial charge in [-0.05, 0) is 43.2 Å². The molecule has 10 heteroatoms. The molecule has 0 saturated heterocycles. The van der Waals surface area contributed by atoms with E-state index >= 15 is 0 Å². The molecule has 0 aliphatic heterocycles. The van der Waals surface area contributed by atoms with Crippen molar-refractivity contribution in [2.45, 2.75) is 25.1 Å². The molecule has 2 aromatic carbocycles. The van der Waals surface area contributed by atoms with E-state index in [0.717, 1.165) is 18.2 Å². The van der Waals surface area contributed by atoms with E-state index in [1.54, 1.807) is 0 Å². The Morgan fingerprint density at radius 1 is 1.23 bits per heavy atom. The molecule has 0 aliphatic rings. The van der Waals surface area contributed by atoms with Crippen LogP contribution in [-0.2, 0) is 15.7 Å². The minimum absolute atomic E-state index is 0.0390. The Kier molecular flexibility index (Phi) is 7.92. The summed E-state index contributed by atoms with van der Waals surface area (Å²) in [7, 11) is 1.48. The monoisotopic (exact) mass is 443 g/mol. The molecule has 0 amide bonds. The summed E-state index contributed by atoms with van der Waals surface area (Å²) < 4.78 is 54.1. The van der Waals surface area contributed by atoms with Crippen molar-refractivity contribution in [3.63, 3.8) is 0 Å². The molecule has 1 atom stereocenters. The van der Waals surface area contributed by atoms with Crippen molar-refractivity contribution >= 4 is 17.6 Å². The highest BCUT2D eigenvalue weighted by molar-refractivity contribution is 6.32. The van der Waals surface area contributed by atoms with E-state index < -0.39 is 23.8 Å². The van der Waals surface area contributed by atoms with Gasteiger partial charge in [0.25, 0.3) is 0 Å². The topological polar surface area (TPSA) is 88.8 Å². The standard InChI is InChI=1S/C20H17ClF3NO5/c1-28-8-2-3-17(19(26)27)30-18-10-14(6-4-12(18)11-25)29-16-7-5-13(9-15(16)21)20(22,23)24/h4-7,9-10,17H,2-3,8H2,1H3,(H,26,27).